The van der Waals surface area contributed by atoms with Gasteiger partial charge in [-0.05, 0) is 61.4 Å². The van der Waals surface area contributed by atoms with Crippen LogP contribution in [0.25, 0.3) is 6.08 Å². The Morgan fingerprint density at radius 2 is 1.83 bits per heavy atom. The van der Waals surface area contributed by atoms with E-state index in [1.807, 2.05) is 50.2 Å². The van der Waals surface area contributed by atoms with Crippen molar-refractivity contribution in [1.82, 2.24) is 0 Å². The van der Waals surface area contributed by atoms with Gasteiger partial charge in [-0.25, -0.2) is 0 Å². The first kappa shape index (κ1) is 21.3. The van der Waals surface area contributed by atoms with Crippen LogP contribution in [0.3, 0.4) is 0 Å². The number of hydrogen-bond donors (Lipinski definition) is 1. The predicted octanol–water partition coefficient (Wildman–Crippen LogP) is 5.29. The minimum absolute atomic E-state index is 0.0414. The van der Waals surface area contributed by atoms with Crippen molar-refractivity contribution in [3.05, 3.63) is 81.6 Å². The van der Waals surface area contributed by atoms with Crippen LogP contribution >= 0.6 is 11.3 Å². The van der Waals surface area contributed by atoms with E-state index in [4.69, 9.17) is 9.47 Å². The molecule has 0 saturated carbocycles. The second kappa shape index (κ2) is 9.89. The topological polar surface area (TPSA) is 64.6 Å². The van der Waals surface area contributed by atoms with Gasteiger partial charge in [-0.15, -0.1) is 11.3 Å². The fraction of sp³-hybridized carbons (Fsp3) is 0.167. The number of allylic oxidation sites excluding steroid dienone is 1. The molecule has 1 N–H and O–H groups in total. The van der Waals surface area contributed by atoms with Crippen molar-refractivity contribution in [1.29, 1.82) is 0 Å². The largest absolute Gasteiger partial charge is 0.493 e. The summed E-state index contributed by atoms with van der Waals surface area (Å²) in [6.07, 6.45) is 3.27. The van der Waals surface area contributed by atoms with Crippen molar-refractivity contribution in [2.75, 3.05) is 19.0 Å². The minimum Gasteiger partial charge on any atom is -0.493 e. The quantitative estimate of drug-likeness (QED) is 0.397. The Kier molecular flexibility index (Phi) is 7.03. The normalized spacial score (nSPS) is 10.8. The molecule has 30 heavy (non-hydrogen) atoms. The average Bonchev–Trinajstić information content (AvgIpc) is 3.18. The van der Waals surface area contributed by atoms with E-state index in [-0.39, 0.29) is 18.3 Å². The summed E-state index contributed by atoms with van der Waals surface area (Å²) in [4.78, 5) is 26.2. The van der Waals surface area contributed by atoms with E-state index in [2.05, 4.69) is 5.32 Å². The lowest BCUT2D eigenvalue weighted by atomic mass is 10.1. The molecule has 1 aromatic heterocycles. The minimum atomic E-state index is -0.257. The molecule has 1 amide bonds. The maximum atomic E-state index is 12.2. The van der Waals surface area contributed by atoms with Crippen molar-refractivity contribution in [3.63, 3.8) is 0 Å². The van der Waals surface area contributed by atoms with E-state index in [9.17, 15) is 9.59 Å². The van der Waals surface area contributed by atoms with E-state index in [1.54, 1.807) is 24.3 Å². The van der Waals surface area contributed by atoms with Crippen LogP contribution in [-0.4, -0.2) is 25.4 Å². The molecular formula is C24H23NO4S. The zero-order valence-corrected chi connectivity index (χ0v) is 17.9. The smallest absolute Gasteiger partial charge is 0.262 e. The average molecular weight is 422 g/mol. The summed E-state index contributed by atoms with van der Waals surface area (Å²) < 4.78 is 11.0. The summed E-state index contributed by atoms with van der Waals surface area (Å²) in [6.45, 7) is 3.75. The zero-order chi connectivity index (χ0) is 21.5. The third kappa shape index (κ3) is 5.58. The number of carbonyl (C=O) groups excluding carboxylic acids is 2. The fourth-order valence-electron chi connectivity index (χ4n) is 2.77. The van der Waals surface area contributed by atoms with Gasteiger partial charge in [0.05, 0.1) is 12.0 Å². The molecule has 3 rings (SSSR count). The maximum Gasteiger partial charge on any atom is 0.262 e. The molecular weight excluding hydrogens is 398 g/mol. The molecule has 0 fully saturated rings. The highest BCUT2D eigenvalue weighted by Crippen LogP contribution is 2.29. The molecule has 3 aromatic rings. The highest BCUT2D eigenvalue weighted by molar-refractivity contribution is 7.14. The van der Waals surface area contributed by atoms with Crippen molar-refractivity contribution in [3.8, 4) is 11.5 Å². The van der Waals surface area contributed by atoms with Crippen molar-refractivity contribution in [2.24, 2.45) is 0 Å². The molecule has 0 saturated heterocycles. The van der Waals surface area contributed by atoms with Crippen LogP contribution in [0, 0.1) is 13.8 Å². The number of methoxy groups -OCH3 is 1. The van der Waals surface area contributed by atoms with Crippen LogP contribution in [0.2, 0.25) is 0 Å². The lowest BCUT2D eigenvalue weighted by Crippen LogP contribution is -2.20. The molecule has 2 aromatic carbocycles. The molecule has 0 unspecified atom stereocenters. The predicted molar refractivity (Wildman–Crippen MR) is 121 cm³/mol. The van der Waals surface area contributed by atoms with Gasteiger partial charge in [-0.2, -0.15) is 0 Å². The number of para-hydroxylation sites is 1. The van der Waals surface area contributed by atoms with E-state index >= 15 is 0 Å². The Morgan fingerprint density at radius 1 is 1.03 bits per heavy atom. The van der Waals surface area contributed by atoms with E-state index < -0.39 is 0 Å². The first-order valence-electron chi connectivity index (χ1n) is 9.41. The van der Waals surface area contributed by atoms with Crippen LogP contribution in [0.5, 0.6) is 11.5 Å². The van der Waals surface area contributed by atoms with Gasteiger partial charge in [0.2, 0.25) is 0 Å². The molecule has 6 heteroatoms. The Morgan fingerprint density at radius 3 is 2.53 bits per heavy atom. The summed E-state index contributed by atoms with van der Waals surface area (Å²) >= 11 is 1.47. The molecule has 154 valence electrons. The number of anilines is 1. The third-order valence-corrected chi connectivity index (χ3v) is 5.39. The standard InChI is InChI=1S/C24H23NO4S/c1-16-6-4-5-7-19(16)25-24(27)15-29-21-12-10-18(14-22(21)28-3)9-11-20(26)23-13-8-17(2)30-23/h4-14H,15H2,1-3H3,(H,25,27)/b11-9+. The Hall–Kier alpha value is -3.38. The molecule has 0 aliphatic heterocycles. The van der Waals surface area contributed by atoms with Crippen molar-refractivity contribution < 1.29 is 19.1 Å². The first-order valence-corrected chi connectivity index (χ1v) is 10.2. The fourth-order valence-corrected chi connectivity index (χ4v) is 3.56. The van der Waals surface area contributed by atoms with Gasteiger partial charge in [0.25, 0.3) is 5.91 Å². The van der Waals surface area contributed by atoms with Gasteiger partial charge >= 0.3 is 0 Å². The molecule has 0 atom stereocenters. The highest BCUT2D eigenvalue weighted by atomic mass is 32.1. The molecule has 5 nitrogen and oxygen atoms in total. The van der Waals surface area contributed by atoms with Crippen LogP contribution in [0.4, 0.5) is 5.69 Å². The molecule has 1 heterocycles. The van der Waals surface area contributed by atoms with Crippen LogP contribution in [0.15, 0.2) is 60.7 Å². The number of hydrogen-bond acceptors (Lipinski definition) is 5. The lowest BCUT2D eigenvalue weighted by molar-refractivity contribution is -0.118. The van der Waals surface area contributed by atoms with Crippen molar-refractivity contribution >= 4 is 34.8 Å². The SMILES string of the molecule is COc1cc(/C=C/C(=O)c2ccc(C)s2)ccc1OCC(=O)Nc1ccccc1C. The number of ether oxygens (including phenoxy) is 2. The summed E-state index contributed by atoms with van der Waals surface area (Å²) in [7, 11) is 1.53. The molecule has 0 radical (unpaired) electrons. The molecule has 0 bridgehead atoms. The van der Waals surface area contributed by atoms with E-state index in [1.165, 1.54) is 24.5 Å². The number of aryl methyl sites for hydroxylation is 2. The number of amides is 1. The monoisotopic (exact) mass is 421 g/mol. The molecule has 0 spiro atoms. The van der Waals surface area contributed by atoms with Crippen LogP contribution in [-0.2, 0) is 4.79 Å². The maximum absolute atomic E-state index is 12.2. The molecule has 0 aliphatic carbocycles. The number of nitrogens with one attached hydrogen (secondary N) is 1. The number of rotatable bonds is 8. The Labute approximate surface area is 180 Å². The summed E-state index contributed by atoms with van der Waals surface area (Å²) in [5.41, 5.74) is 2.53. The van der Waals surface area contributed by atoms with E-state index in [0.717, 1.165) is 21.7 Å². The molecule has 0 aliphatic rings. The van der Waals surface area contributed by atoms with Gasteiger partial charge in [-0.3, -0.25) is 9.59 Å². The number of thiophene rings is 1. The second-order valence-electron chi connectivity index (χ2n) is 6.67. The number of carbonyl (C=O) groups is 2. The van der Waals surface area contributed by atoms with Gasteiger partial charge < -0.3 is 14.8 Å². The second-order valence-corrected chi connectivity index (χ2v) is 7.96. The number of ketones is 1. The summed E-state index contributed by atoms with van der Waals surface area (Å²) in [5.74, 6) is 0.641. The Bertz CT molecular complexity index is 1080. The van der Waals surface area contributed by atoms with Gasteiger partial charge in [-0.1, -0.05) is 30.3 Å². The Balaban J connectivity index is 1.62. The van der Waals surface area contributed by atoms with Crippen LogP contribution < -0.4 is 14.8 Å². The van der Waals surface area contributed by atoms with Gasteiger partial charge in [0.1, 0.15) is 0 Å². The van der Waals surface area contributed by atoms with Gasteiger partial charge in [0.15, 0.2) is 23.9 Å². The first-order chi connectivity index (χ1) is 14.5. The zero-order valence-electron chi connectivity index (χ0n) is 17.1. The summed E-state index contributed by atoms with van der Waals surface area (Å²) in [6, 6.07) is 16.6. The van der Waals surface area contributed by atoms with Gasteiger partial charge in [0, 0.05) is 10.6 Å². The third-order valence-electron chi connectivity index (χ3n) is 4.38. The van der Waals surface area contributed by atoms with Crippen LogP contribution in [0.1, 0.15) is 25.7 Å². The van der Waals surface area contributed by atoms with E-state index in [0.29, 0.717) is 16.4 Å². The highest BCUT2D eigenvalue weighted by Gasteiger charge is 2.10. The number of benzene rings is 2. The lowest BCUT2D eigenvalue weighted by Gasteiger charge is -2.12. The summed E-state index contributed by atoms with van der Waals surface area (Å²) in [5, 5.41) is 2.83. The van der Waals surface area contributed by atoms with Crippen molar-refractivity contribution in [2.45, 2.75) is 13.8 Å².